The Balaban J connectivity index is 1.48. The van der Waals surface area contributed by atoms with Crippen molar-refractivity contribution in [3.05, 3.63) is 36.0 Å². The van der Waals surface area contributed by atoms with Gasteiger partial charge in [-0.2, -0.15) is 0 Å². The second kappa shape index (κ2) is 7.89. The van der Waals surface area contributed by atoms with Gasteiger partial charge in [-0.1, -0.05) is 31.0 Å². The Morgan fingerprint density at radius 3 is 2.52 bits per heavy atom. The molecule has 0 aliphatic heterocycles. The fourth-order valence-electron chi connectivity index (χ4n) is 4.48. The normalized spacial score (nSPS) is 22.8. The molecule has 2 aliphatic rings. The van der Waals surface area contributed by atoms with Gasteiger partial charge in [0, 0.05) is 24.0 Å². The molecule has 3 unspecified atom stereocenters. The van der Waals surface area contributed by atoms with E-state index in [0.29, 0.717) is 12.1 Å². The van der Waals surface area contributed by atoms with Gasteiger partial charge in [-0.25, -0.2) is 0 Å². The number of para-hydroxylation sites is 1. The zero-order valence-corrected chi connectivity index (χ0v) is 16.7. The van der Waals surface area contributed by atoms with Gasteiger partial charge in [-0.05, 0) is 43.7 Å². The molecule has 0 spiro atoms. The van der Waals surface area contributed by atoms with Crippen LogP contribution in [0.1, 0.15) is 49.0 Å². The number of aryl methyl sites for hydroxylation is 1. The van der Waals surface area contributed by atoms with E-state index >= 15 is 0 Å². The van der Waals surface area contributed by atoms with E-state index in [-0.39, 0.29) is 29.7 Å². The summed E-state index contributed by atoms with van der Waals surface area (Å²) < 4.78 is 1.87. The van der Waals surface area contributed by atoms with Gasteiger partial charge in [0.2, 0.25) is 11.8 Å². The number of fused-ring (bicyclic) bond motifs is 1. The Labute approximate surface area is 170 Å². The zero-order valence-electron chi connectivity index (χ0n) is 16.7. The summed E-state index contributed by atoms with van der Waals surface area (Å²) in [5.41, 5.74) is 7.04. The molecular formula is C22H28N4O3. The van der Waals surface area contributed by atoms with Gasteiger partial charge in [0.1, 0.15) is 11.7 Å². The van der Waals surface area contributed by atoms with Crippen LogP contribution in [-0.2, 0) is 16.6 Å². The van der Waals surface area contributed by atoms with Crippen molar-refractivity contribution in [3.8, 4) is 0 Å². The average Bonchev–Trinajstić information content (AvgIpc) is 3.49. The lowest BCUT2D eigenvalue weighted by Crippen LogP contribution is -2.53. The van der Waals surface area contributed by atoms with E-state index in [1.54, 1.807) is 0 Å². The van der Waals surface area contributed by atoms with Crippen molar-refractivity contribution < 1.29 is 14.4 Å². The molecule has 1 heterocycles. The number of nitrogens with two attached hydrogens (primary N) is 1. The molecule has 0 bridgehead atoms. The first-order valence-electron chi connectivity index (χ1n) is 10.4. The van der Waals surface area contributed by atoms with Gasteiger partial charge in [0.25, 0.3) is 5.91 Å². The van der Waals surface area contributed by atoms with E-state index in [1.807, 2.05) is 41.9 Å². The average molecular weight is 396 g/mol. The smallest absolute Gasteiger partial charge is 0.268 e. The predicted octanol–water partition coefficient (Wildman–Crippen LogP) is 1.85. The molecule has 0 saturated heterocycles. The van der Waals surface area contributed by atoms with Crippen LogP contribution in [0.15, 0.2) is 30.3 Å². The predicted molar refractivity (Wildman–Crippen MR) is 110 cm³/mol. The number of nitrogens with one attached hydrogen (secondary N) is 2. The highest BCUT2D eigenvalue weighted by Crippen LogP contribution is 2.33. The number of hydrogen-bond acceptors (Lipinski definition) is 3. The Bertz CT molecular complexity index is 947. The van der Waals surface area contributed by atoms with Gasteiger partial charge in [-0.15, -0.1) is 0 Å². The third-order valence-electron chi connectivity index (χ3n) is 6.30. The third kappa shape index (κ3) is 3.99. The molecule has 154 valence electrons. The molecule has 1 aromatic heterocycles. The van der Waals surface area contributed by atoms with Gasteiger partial charge in [-0.3, -0.25) is 14.4 Å². The second-order valence-electron chi connectivity index (χ2n) is 8.34. The molecule has 2 saturated carbocycles. The van der Waals surface area contributed by atoms with Crippen LogP contribution < -0.4 is 16.4 Å². The maximum Gasteiger partial charge on any atom is 0.268 e. The van der Waals surface area contributed by atoms with E-state index < -0.39 is 11.9 Å². The number of primary amides is 1. The molecule has 3 amide bonds. The van der Waals surface area contributed by atoms with E-state index in [1.165, 1.54) is 0 Å². The SMILES string of the molecule is Cn1c(C(=O)NC2CCCCC2C(=O)NC(C(N)=O)C2CC2)cc2ccccc21. The first-order chi connectivity index (χ1) is 14.0. The van der Waals surface area contributed by atoms with Crippen molar-refractivity contribution in [1.29, 1.82) is 0 Å². The van der Waals surface area contributed by atoms with Crippen molar-refractivity contribution in [2.24, 2.45) is 24.6 Å². The van der Waals surface area contributed by atoms with E-state index in [4.69, 9.17) is 5.73 Å². The van der Waals surface area contributed by atoms with Crippen LogP contribution in [0.5, 0.6) is 0 Å². The maximum absolute atomic E-state index is 13.0. The molecule has 2 fully saturated rings. The molecule has 1 aromatic carbocycles. The van der Waals surface area contributed by atoms with Gasteiger partial charge < -0.3 is 20.9 Å². The summed E-state index contributed by atoms with van der Waals surface area (Å²) in [5.74, 6) is -1.02. The maximum atomic E-state index is 13.0. The Kier molecular flexibility index (Phi) is 5.30. The van der Waals surface area contributed by atoms with Crippen molar-refractivity contribution >= 4 is 28.6 Å². The van der Waals surface area contributed by atoms with Gasteiger partial charge in [0.05, 0.1) is 5.92 Å². The third-order valence-corrected chi connectivity index (χ3v) is 6.30. The van der Waals surface area contributed by atoms with Crippen LogP contribution in [0.25, 0.3) is 10.9 Å². The Morgan fingerprint density at radius 2 is 1.83 bits per heavy atom. The molecule has 4 N–H and O–H groups in total. The highest BCUT2D eigenvalue weighted by molar-refractivity contribution is 5.99. The van der Waals surface area contributed by atoms with Crippen molar-refractivity contribution in [1.82, 2.24) is 15.2 Å². The number of nitrogens with zero attached hydrogens (tertiary/aromatic N) is 1. The van der Waals surface area contributed by atoms with Crippen LogP contribution in [0.3, 0.4) is 0 Å². The number of carbonyl (C=O) groups excluding carboxylic acids is 3. The largest absolute Gasteiger partial charge is 0.368 e. The van der Waals surface area contributed by atoms with Crippen LogP contribution in [0.2, 0.25) is 0 Å². The lowest BCUT2D eigenvalue weighted by Gasteiger charge is -2.32. The zero-order chi connectivity index (χ0) is 20.5. The fraction of sp³-hybridized carbons (Fsp3) is 0.500. The molecule has 7 heteroatoms. The minimum absolute atomic E-state index is 0.156. The van der Waals surface area contributed by atoms with Crippen LogP contribution >= 0.6 is 0 Å². The van der Waals surface area contributed by atoms with E-state index in [2.05, 4.69) is 10.6 Å². The standard InChI is InChI=1S/C22H28N4O3/c1-26-17-9-5-2-6-14(17)12-18(26)22(29)24-16-8-4-3-7-15(16)21(28)25-19(20(23)27)13-10-11-13/h2,5-6,9,12-13,15-16,19H,3-4,7-8,10-11H2,1H3,(H2,23,27)(H,24,29)(H,25,28). The summed E-state index contributed by atoms with van der Waals surface area (Å²) in [5, 5.41) is 6.94. The fourth-order valence-corrected chi connectivity index (χ4v) is 4.48. The molecular weight excluding hydrogens is 368 g/mol. The number of rotatable bonds is 6. The van der Waals surface area contributed by atoms with Gasteiger partial charge >= 0.3 is 0 Å². The summed E-state index contributed by atoms with van der Waals surface area (Å²) in [6, 6.07) is 8.87. The van der Waals surface area contributed by atoms with Crippen molar-refractivity contribution in [3.63, 3.8) is 0 Å². The second-order valence-corrected chi connectivity index (χ2v) is 8.34. The number of aromatic nitrogens is 1. The number of carbonyl (C=O) groups is 3. The molecule has 2 aliphatic carbocycles. The molecule has 2 aromatic rings. The molecule has 3 atom stereocenters. The summed E-state index contributed by atoms with van der Waals surface area (Å²) in [7, 11) is 1.87. The number of amides is 3. The molecule has 29 heavy (non-hydrogen) atoms. The number of benzene rings is 1. The van der Waals surface area contributed by atoms with Crippen LogP contribution in [0, 0.1) is 11.8 Å². The van der Waals surface area contributed by atoms with Crippen LogP contribution in [0.4, 0.5) is 0 Å². The highest BCUT2D eigenvalue weighted by Gasteiger charge is 2.39. The minimum Gasteiger partial charge on any atom is -0.368 e. The first kappa shape index (κ1) is 19.5. The van der Waals surface area contributed by atoms with E-state index in [9.17, 15) is 14.4 Å². The van der Waals surface area contributed by atoms with Crippen LogP contribution in [-0.4, -0.2) is 34.4 Å². The summed E-state index contributed by atoms with van der Waals surface area (Å²) in [6.45, 7) is 0. The lowest BCUT2D eigenvalue weighted by atomic mass is 9.83. The molecule has 4 rings (SSSR count). The summed E-state index contributed by atoms with van der Waals surface area (Å²) in [4.78, 5) is 37.6. The summed E-state index contributed by atoms with van der Waals surface area (Å²) >= 11 is 0. The molecule has 0 radical (unpaired) electrons. The topological polar surface area (TPSA) is 106 Å². The summed E-state index contributed by atoms with van der Waals surface area (Å²) in [6.07, 6.45) is 5.18. The van der Waals surface area contributed by atoms with Gasteiger partial charge in [0.15, 0.2) is 0 Å². The Morgan fingerprint density at radius 1 is 1.10 bits per heavy atom. The highest BCUT2D eigenvalue weighted by atomic mass is 16.2. The first-order valence-corrected chi connectivity index (χ1v) is 10.4. The van der Waals surface area contributed by atoms with Crippen molar-refractivity contribution in [2.45, 2.75) is 50.6 Å². The van der Waals surface area contributed by atoms with E-state index in [0.717, 1.165) is 43.0 Å². The monoisotopic (exact) mass is 396 g/mol. The minimum atomic E-state index is -0.598. The Hall–Kier alpha value is -2.83. The van der Waals surface area contributed by atoms with Crippen molar-refractivity contribution in [2.75, 3.05) is 0 Å². The molecule has 7 nitrogen and oxygen atoms in total. The number of hydrogen-bond donors (Lipinski definition) is 3. The lowest BCUT2D eigenvalue weighted by molar-refractivity contribution is -0.131. The quantitative estimate of drug-likeness (QED) is 0.694.